The van der Waals surface area contributed by atoms with E-state index in [1.165, 1.54) is 0 Å². The van der Waals surface area contributed by atoms with Gasteiger partial charge in [0.1, 0.15) is 11.6 Å². The summed E-state index contributed by atoms with van der Waals surface area (Å²) in [6.45, 7) is 3.19. The van der Waals surface area contributed by atoms with Gasteiger partial charge in [-0.25, -0.2) is 14.5 Å². The lowest BCUT2D eigenvalue weighted by atomic mass is 9.92. The van der Waals surface area contributed by atoms with Crippen molar-refractivity contribution in [3.8, 4) is 0 Å². The van der Waals surface area contributed by atoms with Crippen molar-refractivity contribution in [3.05, 3.63) is 11.6 Å². The molecule has 1 aromatic heterocycles. The molecule has 0 aliphatic carbocycles. The molecule has 3 rings (SSSR count). The van der Waals surface area contributed by atoms with Gasteiger partial charge in [-0.2, -0.15) is 5.10 Å². The number of fused-ring (bicyclic) bond motifs is 1. The molecular weight excluding hydrogens is 286 g/mol. The highest BCUT2D eigenvalue weighted by Gasteiger charge is 2.34. The molecule has 3 N–H and O–H groups in total. The fourth-order valence-electron chi connectivity index (χ4n) is 3.10. The van der Waals surface area contributed by atoms with Crippen LogP contribution in [0.1, 0.15) is 30.9 Å². The van der Waals surface area contributed by atoms with E-state index in [-0.39, 0.29) is 18.7 Å². The fraction of sp³-hybridized carbons (Fsp3) is 0.786. The molecule has 0 saturated carbocycles. The summed E-state index contributed by atoms with van der Waals surface area (Å²) in [5, 5.41) is 26.5. The van der Waals surface area contributed by atoms with Crippen molar-refractivity contribution in [3.63, 3.8) is 0 Å². The van der Waals surface area contributed by atoms with Gasteiger partial charge < -0.3 is 20.4 Å². The Bertz CT molecular complexity index is 551. The van der Waals surface area contributed by atoms with E-state index in [0.29, 0.717) is 32.5 Å². The monoisotopic (exact) mass is 309 g/mol. The minimum absolute atomic E-state index is 0.0553. The number of carbonyl (C=O) groups excluding carboxylic acids is 1. The smallest absolute Gasteiger partial charge is 0.317 e. The Morgan fingerprint density at radius 2 is 2.18 bits per heavy atom. The molecule has 0 spiro atoms. The third-order valence-electron chi connectivity index (χ3n) is 4.57. The Labute approximate surface area is 129 Å². The summed E-state index contributed by atoms with van der Waals surface area (Å²) >= 11 is 0. The number of aliphatic hydroxyl groups excluding tert-OH is 1. The second-order valence-electron chi connectivity index (χ2n) is 6.31. The molecule has 122 valence electrons. The predicted molar refractivity (Wildman–Crippen MR) is 78.2 cm³/mol. The third-order valence-corrected chi connectivity index (χ3v) is 4.57. The van der Waals surface area contributed by atoms with E-state index in [1.807, 2.05) is 11.6 Å². The molecule has 3 heterocycles. The molecule has 1 unspecified atom stereocenters. The molecule has 0 bridgehead atoms. The summed E-state index contributed by atoms with van der Waals surface area (Å²) in [6.07, 6.45) is 2.50. The highest BCUT2D eigenvalue weighted by atomic mass is 16.3. The molecule has 2 aliphatic heterocycles. The summed E-state index contributed by atoms with van der Waals surface area (Å²) < 4.78 is 1.87. The molecule has 1 atom stereocenters. The standard InChI is InChI=1S/C14H23N5O3/c1-10-15-12-3-2-11(8-19(12)17-10)16-13(21)18-6-4-14(22,9-20)5-7-18/h11,20,22H,2-9H2,1H3,(H,16,21). The lowest BCUT2D eigenvalue weighted by Crippen LogP contribution is -2.53. The summed E-state index contributed by atoms with van der Waals surface area (Å²) in [5.41, 5.74) is -1.03. The second-order valence-corrected chi connectivity index (χ2v) is 6.31. The Balaban J connectivity index is 1.53. The number of carbonyl (C=O) groups is 1. The first-order valence-corrected chi connectivity index (χ1v) is 7.78. The number of hydrogen-bond donors (Lipinski definition) is 3. The SMILES string of the molecule is Cc1nc2n(n1)CC(NC(=O)N1CCC(O)(CO)CC1)CC2. The van der Waals surface area contributed by atoms with Crippen molar-refractivity contribution in [1.29, 1.82) is 0 Å². The molecule has 0 radical (unpaired) electrons. The molecule has 1 saturated heterocycles. The Kier molecular flexibility index (Phi) is 4.05. The van der Waals surface area contributed by atoms with E-state index >= 15 is 0 Å². The topological polar surface area (TPSA) is 104 Å². The van der Waals surface area contributed by atoms with Crippen molar-refractivity contribution >= 4 is 6.03 Å². The summed E-state index contributed by atoms with van der Waals surface area (Å²) in [4.78, 5) is 18.4. The number of nitrogens with zero attached hydrogens (tertiary/aromatic N) is 4. The molecule has 22 heavy (non-hydrogen) atoms. The average molecular weight is 309 g/mol. The maximum atomic E-state index is 12.3. The van der Waals surface area contributed by atoms with Crippen molar-refractivity contribution in [2.45, 2.75) is 50.8 Å². The third kappa shape index (κ3) is 3.07. The molecule has 1 aromatic rings. The van der Waals surface area contributed by atoms with Crippen LogP contribution in [0.3, 0.4) is 0 Å². The van der Waals surface area contributed by atoms with Crippen molar-refractivity contribution < 1.29 is 15.0 Å². The molecule has 8 nitrogen and oxygen atoms in total. The van der Waals surface area contributed by atoms with Crippen LogP contribution in [0.2, 0.25) is 0 Å². The largest absolute Gasteiger partial charge is 0.393 e. The van der Waals surface area contributed by atoms with Crippen LogP contribution in [-0.4, -0.2) is 67.2 Å². The summed E-state index contributed by atoms with van der Waals surface area (Å²) in [7, 11) is 0. The van der Waals surface area contributed by atoms with Gasteiger partial charge in [-0.15, -0.1) is 0 Å². The number of aromatic nitrogens is 3. The van der Waals surface area contributed by atoms with Gasteiger partial charge in [0.25, 0.3) is 0 Å². The maximum absolute atomic E-state index is 12.3. The molecule has 2 amide bonds. The van der Waals surface area contributed by atoms with Crippen molar-refractivity contribution in [2.24, 2.45) is 0 Å². The minimum Gasteiger partial charge on any atom is -0.393 e. The number of aliphatic hydroxyl groups is 2. The van der Waals surface area contributed by atoms with Crippen LogP contribution in [-0.2, 0) is 13.0 Å². The Morgan fingerprint density at radius 1 is 1.45 bits per heavy atom. The van der Waals surface area contributed by atoms with Gasteiger partial charge in [-0.1, -0.05) is 0 Å². The van der Waals surface area contributed by atoms with Crippen LogP contribution in [0.4, 0.5) is 4.79 Å². The van der Waals surface area contributed by atoms with Gasteiger partial charge in [0, 0.05) is 19.5 Å². The second kappa shape index (κ2) is 5.85. The van der Waals surface area contributed by atoms with E-state index in [1.54, 1.807) is 4.90 Å². The van der Waals surface area contributed by atoms with Gasteiger partial charge in [-0.3, -0.25) is 0 Å². The van der Waals surface area contributed by atoms with Crippen molar-refractivity contribution in [1.82, 2.24) is 25.0 Å². The Morgan fingerprint density at radius 3 is 2.86 bits per heavy atom. The molecular formula is C14H23N5O3. The highest BCUT2D eigenvalue weighted by Crippen LogP contribution is 2.21. The van der Waals surface area contributed by atoms with E-state index in [4.69, 9.17) is 5.11 Å². The van der Waals surface area contributed by atoms with Crippen LogP contribution in [0.15, 0.2) is 0 Å². The summed E-state index contributed by atoms with van der Waals surface area (Å²) in [6, 6.07) is -0.0509. The number of likely N-dealkylation sites (tertiary alicyclic amines) is 1. The van der Waals surface area contributed by atoms with E-state index in [2.05, 4.69) is 15.4 Å². The number of urea groups is 1. The van der Waals surface area contributed by atoms with Gasteiger partial charge >= 0.3 is 6.03 Å². The lowest BCUT2D eigenvalue weighted by Gasteiger charge is -2.37. The first-order valence-electron chi connectivity index (χ1n) is 7.78. The average Bonchev–Trinajstić information content (AvgIpc) is 2.87. The number of nitrogens with one attached hydrogen (secondary N) is 1. The van der Waals surface area contributed by atoms with Crippen LogP contribution in [0.5, 0.6) is 0 Å². The number of rotatable bonds is 2. The highest BCUT2D eigenvalue weighted by molar-refractivity contribution is 5.74. The first-order chi connectivity index (χ1) is 10.5. The van der Waals surface area contributed by atoms with Crippen LogP contribution < -0.4 is 5.32 Å². The van der Waals surface area contributed by atoms with E-state index in [9.17, 15) is 9.90 Å². The predicted octanol–water partition coefficient (Wildman–Crippen LogP) is -0.570. The van der Waals surface area contributed by atoms with Gasteiger partial charge in [0.05, 0.1) is 24.8 Å². The van der Waals surface area contributed by atoms with Crippen LogP contribution in [0.25, 0.3) is 0 Å². The minimum atomic E-state index is -1.03. The van der Waals surface area contributed by atoms with E-state index < -0.39 is 5.60 Å². The van der Waals surface area contributed by atoms with Gasteiger partial charge in [0.15, 0.2) is 0 Å². The first kappa shape index (κ1) is 15.2. The van der Waals surface area contributed by atoms with Gasteiger partial charge in [0.2, 0.25) is 0 Å². The number of amides is 2. The maximum Gasteiger partial charge on any atom is 0.317 e. The summed E-state index contributed by atoms with van der Waals surface area (Å²) in [5.74, 6) is 1.75. The molecule has 2 aliphatic rings. The van der Waals surface area contributed by atoms with Crippen LogP contribution >= 0.6 is 0 Å². The zero-order chi connectivity index (χ0) is 15.7. The molecule has 1 fully saturated rings. The normalized spacial score (nSPS) is 24.0. The quantitative estimate of drug-likeness (QED) is 0.679. The van der Waals surface area contributed by atoms with Gasteiger partial charge in [-0.05, 0) is 26.2 Å². The fourth-order valence-corrected chi connectivity index (χ4v) is 3.10. The molecule has 0 aromatic carbocycles. The Hall–Kier alpha value is -1.67. The zero-order valence-corrected chi connectivity index (χ0v) is 12.8. The molecule has 8 heteroatoms. The number of hydrogen-bond acceptors (Lipinski definition) is 5. The number of aryl methyl sites for hydroxylation is 2. The van der Waals surface area contributed by atoms with E-state index in [0.717, 1.165) is 24.5 Å². The van der Waals surface area contributed by atoms with Crippen molar-refractivity contribution in [2.75, 3.05) is 19.7 Å². The number of piperidine rings is 1. The lowest BCUT2D eigenvalue weighted by molar-refractivity contribution is -0.0528. The zero-order valence-electron chi connectivity index (χ0n) is 12.8. The van der Waals surface area contributed by atoms with Crippen LogP contribution in [0, 0.1) is 6.92 Å².